The minimum atomic E-state index is 0.0623. The molecule has 0 saturated carbocycles. The van der Waals surface area contributed by atoms with Crippen molar-refractivity contribution in [1.82, 2.24) is 4.98 Å². The van der Waals surface area contributed by atoms with Gasteiger partial charge in [0, 0.05) is 29.6 Å². The second kappa shape index (κ2) is 5.93. The fourth-order valence-electron chi connectivity index (χ4n) is 2.29. The standard InChI is InChI=1S/C14H23N3S/c1-4-13(15)14-6-5-12(9-16-14)17-7-8-18-11(3)10(17)2/h5-6,9-11,13H,4,7-8,15H2,1-3H3. The van der Waals surface area contributed by atoms with Gasteiger partial charge < -0.3 is 10.6 Å². The van der Waals surface area contributed by atoms with E-state index in [0.717, 1.165) is 18.7 Å². The predicted octanol–water partition coefficient (Wildman–Crippen LogP) is 2.82. The summed E-state index contributed by atoms with van der Waals surface area (Å²) in [6.07, 6.45) is 2.91. The molecule has 0 bridgehead atoms. The van der Waals surface area contributed by atoms with Gasteiger partial charge in [0.2, 0.25) is 0 Å². The molecule has 2 N–H and O–H groups in total. The molecule has 3 unspecified atom stereocenters. The summed E-state index contributed by atoms with van der Waals surface area (Å²) < 4.78 is 0. The molecule has 1 aromatic rings. The Balaban J connectivity index is 2.13. The fraction of sp³-hybridized carbons (Fsp3) is 0.643. The van der Waals surface area contributed by atoms with E-state index >= 15 is 0 Å². The number of anilines is 1. The van der Waals surface area contributed by atoms with Gasteiger partial charge in [0.25, 0.3) is 0 Å². The van der Waals surface area contributed by atoms with E-state index in [0.29, 0.717) is 11.3 Å². The Morgan fingerprint density at radius 1 is 1.50 bits per heavy atom. The smallest absolute Gasteiger partial charge is 0.0572 e. The van der Waals surface area contributed by atoms with Crippen LogP contribution in [0.2, 0.25) is 0 Å². The van der Waals surface area contributed by atoms with Crippen molar-refractivity contribution in [2.24, 2.45) is 5.73 Å². The van der Waals surface area contributed by atoms with Crippen molar-refractivity contribution in [3.05, 3.63) is 24.0 Å². The van der Waals surface area contributed by atoms with Crippen LogP contribution in [0.4, 0.5) is 5.69 Å². The maximum Gasteiger partial charge on any atom is 0.0572 e. The first kappa shape index (κ1) is 13.7. The van der Waals surface area contributed by atoms with E-state index in [4.69, 9.17) is 5.73 Å². The number of hydrogen-bond acceptors (Lipinski definition) is 4. The Labute approximate surface area is 114 Å². The van der Waals surface area contributed by atoms with Crippen molar-refractivity contribution in [1.29, 1.82) is 0 Å². The van der Waals surface area contributed by atoms with Gasteiger partial charge in [0.05, 0.1) is 17.6 Å². The topological polar surface area (TPSA) is 42.1 Å². The summed E-state index contributed by atoms with van der Waals surface area (Å²) >= 11 is 2.05. The molecule has 2 rings (SSSR count). The monoisotopic (exact) mass is 265 g/mol. The summed E-state index contributed by atoms with van der Waals surface area (Å²) in [6, 6.07) is 4.86. The van der Waals surface area contributed by atoms with E-state index in [9.17, 15) is 0 Å². The van der Waals surface area contributed by atoms with Crippen molar-refractivity contribution in [2.45, 2.75) is 44.5 Å². The van der Waals surface area contributed by atoms with E-state index < -0.39 is 0 Å². The van der Waals surface area contributed by atoms with Crippen LogP contribution in [-0.2, 0) is 0 Å². The SMILES string of the molecule is CCC(N)c1ccc(N2CCSC(C)C2C)cn1. The molecule has 1 saturated heterocycles. The number of rotatable bonds is 3. The van der Waals surface area contributed by atoms with E-state index in [1.807, 2.05) is 6.20 Å². The molecular weight excluding hydrogens is 242 g/mol. The third kappa shape index (κ3) is 2.81. The van der Waals surface area contributed by atoms with Gasteiger partial charge in [-0.15, -0.1) is 0 Å². The molecule has 3 atom stereocenters. The third-order valence-electron chi connectivity index (χ3n) is 3.81. The van der Waals surface area contributed by atoms with Gasteiger partial charge in [-0.3, -0.25) is 4.98 Å². The van der Waals surface area contributed by atoms with Crippen molar-refractivity contribution >= 4 is 17.4 Å². The molecule has 4 heteroatoms. The van der Waals surface area contributed by atoms with Crippen LogP contribution in [0.3, 0.4) is 0 Å². The molecule has 0 aliphatic carbocycles. The zero-order valence-corrected chi connectivity index (χ0v) is 12.3. The van der Waals surface area contributed by atoms with Gasteiger partial charge in [0.15, 0.2) is 0 Å². The first-order valence-corrected chi connectivity index (χ1v) is 7.78. The van der Waals surface area contributed by atoms with Crippen LogP contribution in [-0.4, -0.2) is 28.6 Å². The highest BCUT2D eigenvalue weighted by Gasteiger charge is 2.25. The highest BCUT2D eigenvalue weighted by molar-refractivity contribution is 8.00. The van der Waals surface area contributed by atoms with Crippen molar-refractivity contribution in [2.75, 3.05) is 17.2 Å². The van der Waals surface area contributed by atoms with Crippen LogP contribution in [0.25, 0.3) is 0 Å². The Morgan fingerprint density at radius 3 is 2.89 bits per heavy atom. The first-order chi connectivity index (χ1) is 8.63. The molecule has 0 aromatic carbocycles. The fourth-order valence-corrected chi connectivity index (χ4v) is 3.39. The molecule has 100 valence electrons. The summed E-state index contributed by atoms with van der Waals surface area (Å²) in [4.78, 5) is 6.96. The van der Waals surface area contributed by atoms with E-state index in [2.05, 4.69) is 54.5 Å². The molecule has 1 aliphatic heterocycles. The summed E-state index contributed by atoms with van der Waals surface area (Å²) in [6.45, 7) is 7.79. The average molecular weight is 265 g/mol. The van der Waals surface area contributed by atoms with Gasteiger partial charge in [0.1, 0.15) is 0 Å². The number of pyridine rings is 1. The van der Waals surface area contributed by atoms with Gasteiger partial charge >= 0.3 is 0 Å². The van der Waals surface area contributed by atoms with Crippen molar-refractivity contribution in [3.8, 4) is 0 Å². The Hall–Kier alpha value is -0.740. The van der Waals surface area contributed by atoms with Crippen molar-refractivity contribution in [3.63, 3.8) is 0 Å². The summed E-state index contributed by atoms with van der Waals surface area (Å²) in [7, 11) is 0. The minimum absolute atomic E-state index is 0.0623. The van der Waals surface area contributed by atoms with Crippen LogP contribution >= 0.6 is 11.8 Å². The Bertz CT molecular complexity index is 379. The summed E-state index contributed by atoms with van der Waals surface area (Å²) in [5, 5.41) is 0.677. The maximum atomic E-state index is 5.99. The van der Waals surface area contributed by atoms with Crippen LogP contribution in [0.15, 0.2) is 18.3 Å². The lowest BCUT2D eigenvalue weighted by atomic mass is 10.1. The van der Waals surface area contributed by atoms with E-state index in [-0.39, 0.29) is 6.04 Å². The largest absolute Gasteiger partial charge is 0.366 e. The molecule has 1 aliphatic rings. The molecule has 2 heterocycles. The lowest BCUT2D eigenvalue weighted by Crippen LogP contribution is -2.44. The predicted molar refractivity (Wildman–Crippen MR) is 80.2 cm³/mol. The molecule has 18 heavy (non-hydrogen) atoms. The number of nitrogens with two attached hydrogens (primary N) is 1. The zero-order chi connectivity index (χ0) is 13.1. The number of nitrogens with zero attached hydrogens (tertiary/aromatic N) is 2. The zero-order valence-electron chi connectivity index (χ0n) is 11.5. The molecule has 0 amide bonds. The first-order valence-electron chi connectivity index (χ1n) is 6.73. The number of thioether (sulfide) groups is 1. The maximum absolute atomic E-state index is 5.99. The van der Waals surface area contributed by atoms with Crippen LogP contribution in [0.1, 0.15) is 38.9 Å². The highest BCUT2D eigenvalue weighted by atomic mass is 32.2. The second-order valence-corrected chi connectivity index (χ2v) is 6.45. The number of hydrogen-bond donors (Lipinski definition) is 1. The highest BCUT2D eigenvalue weighted by Crippen LogP contribution is 2.29. The molecule has 0 radical (unpaired) electrons. The van der Waals surface area contributed by atoms with Gasteiger partial charge in [-0.1, -0.05) is 13.8 Å². The van der Waals surface area contributed by atoms with Gasteiger partial charge in [-0.2, -0.15) is 11.8 Å². The molecular formula is C14H23N3S. The average Bonchev–Trinajstić information content (AvgIpc) is 2.41. The van der Waals surface area contributed by atoms with Crippen LogP contribution in [0, 0.1) is 0 Å². The summed E-state index contributed by atoms with van der Waals surface area (Å²) in [5.74, 6) is 1.20. The Kier molecular flexibility index (Phi) is 4.51. The van der Waals surface area contributed by atoms with Crippen LogP contribution in [0.5, 0.6) is 0 Å². The van der Waals surface area contributed by atoms with E-state index in [1.165, 1.54) is 11.4 Å². The third-order valence-corrected chi connectivity index (χ3v) is 5.14. The molecule has 1 fully saturated rings. The van der Waals surface area contributed by atoms with Crippen molar-refractivity contribution < 1.29 is 0 Å². The number of aromatic nitrogens is 1. The lowest BCUT2D eigenvalue weighted by Gasteiger charge is -2.39. The normalized spacial score (nSPS) is 26.1. The Morgan fingerprint density at radius 2 is 2.28 bits per heavy atom. The quantitative estimate of drug-likeness (QED) is 0.912. The minimum Gasteiger partial charge on any atom is -0.366 e. The van der Waals surface area contributed by atoms with Gasteiger partial charge in [-0.25, -0.2) is 0 Å². The lowest BCUT2D eigenvalue weighted by molar-refractivity contribution is 0.624. The molecule has 1 aromatic heterocycles. The van der Waals surface area contributed by atoms with Gasteiger partial charge in [-0.05, 0) is 25.5 Å². The van der Waals surface area contributed by atoms with Crippen LogP contribution < -0.4 is 10.6 Å². The molecule has 3 nitrogen and oxygen atoms in total. The second-order valence-electron chi connectivity index (χ2n) is 4.97. The molecule has 0 spiro atoms. The van der Waals surface area contributed by atoms with E-state index in [1.54, 1.807) is 0 Å². The summed E-state index contributed by atoms with van der Waals surface area (Å²) in [5.41, 5.74) is 8.21.